The average Bonchev–Trinajstić information content (AvgIpc) is 2.70. The van der Waals surface area contributed by atoms with Gasteiger partial charge in [0.1, 0.15) is 5.56 Å². The third-order valence-corrected chi connectivity index (χ3v) is 5.18. The van der Waals surface area contributed by atoms with Crippen molar-refractivity contribution in [3.8, 4) is 17.2 Å². The van der Waals surface area contributed by atoms with Crippen LogP contribution in [0.3, 0.4) is 0 Å². The number of amides is 1. The maximum Gasteiger partial charge on any atom is 0.342 e. The SMILES string of the molecule is COc1ccc(C(=O)OCC(=O)N(C)C2CCC(C)CC2)c(OC)c1OC. The number of carbonyl (C=O) groups is 2. The Morgan fingerprint density at radius 3 is 2.19 bits per heavy atom. The van der Waals surface area contributed by atoms with Gasteiger partial charge < -0.3 is 23.8 Å². The highest BCUT2D eigenvalue weighted by molar-refractivity contribution is 5.95. The van der Waals surface area contributed by atoms with E-state index in [2.05, 4.69) is 6.92 Å². The number of hydrogen-bond donors (Lipinski definition) is 0. The topological polar surface area (TPSA) is 74.3 Å². The van der Waals surface area contributed by atoms with Crippen molar-refractivity contribution in [3.05, 3.63) is 17.7 Å². The van der Waals surface area contributed by atoms with Crippen molar-refractivity contribution in [2.75, 3.05) is 35.0 Å². The predicted octanol–water partition coefficient (Wildman–Crippen LogP) is 2.91. The Hall–Kier alpha value is -2.44. The van der Waals surface area contributed by atoms with Crippen LogP contribution in [0, 0.1) is 5.92 Å². The highest BCUT2D eigenvalue weighted by atomic mass is 16.5. The van der Waals surface area contributed by atoms with Gasteiger partial charge in [0.2, 0.25) is 5.75 Å². The van der Waals surface area contributed by atoms with Gasteiger partial charge in [-0.1, -0.05) is 6.92 Å². The average molecular weight is 379 g/mol. The van der Waals surface area contributed by atoms with Gasteiger partial charge in [-0.25, -0.2) is 4.79 Å². The maximum atomic E-state index is 12.5. The second-order valence-corrected chi connectivity index (χ2v) is 6.88. The Balaban J connectivity index is 2.02. The van der Waals surface area contributed by atoms with Crippen LogP contribution in [-0.4, -0.2) is 57.8 Å². The lowest BCUT2D eigenvalue weighted by Crippen LogP contribution is -2.41. The fourth-order valence-corrected chi connectivity index (χ4v) is 3.40. The number of likely N-dealkylation sites (N-methyl/N-ethyl adjacent to an activating group) is 1. The van der Waals surface area contributed by atoms with Crippen molar-refractivity contribution in [3.63, 3.8) is 0 Å². The Morgan fingerprint density at radius 2 is 1.63 bits per heavy atom. The minimum Gasteiger partial charge on any atom is -0.493 e. The van der Waals surface area contributed by atoms with E-state index in [4.69, 9.17) is 18.9 Å². The number of esters is 1. The standard InChI is InChI=1S/C20H29NO6/c1-13-6-8-14(9-7-13)21(2)17(22)12-27-20(23)15-10-11-16(24-3)19(26-5)18(15)25-4/h10-11,13-14H,6-9,12H2,1-5H3. The van der Waals surface area contributed by atoms with E-state index in [0.717, 1.165) is 25.7 Å². The summed E-state index contributed by atoms with van der Waals surface area (Å²) in [6.45, 7) is 1.93. The molecule has 0 saturated heterocycles. The van der Waals surface area contributed by atoms with Gasteiger partial charge in [0.05, 0.1) is 21.3 Å². The van der Waals surface area contributed by atoms with Crippen LogP contribution in [0.1, 0.15) is 43.0 Å². The first-order valence-corrected chi connectivity index (χ1v) is 9.14. The maximum absolute atomic E-state index is 12.5. The molecule has 1 fully saturated rings. The van der Waals surface area contributed by atoms with Gasteiger partial charge in [0.25, 0.3) is 5.91 Å². The van der Waals surface area contributed by atoms with Crippen molar-refractivity contribution < 1.29 is 28.5 Å². The number of benzene rings is 1. The van der Waals surface area contributed by atoms with E-state index < -0.39 is 5.97 Å². The van der Waals surface area contributed by atoms with Crippen molar-refractivity contribution in [2.45, 2.75) is 38.6 Å². The van der Waals surface area contributed by atoms with Crippen molar-refractivity contribution in [1.82, 2.24) is 4.90 Å². The van der Waals surface area contributed by atoms with Gasteiger partial charge in [-0.2, -0.15) is 0 Å². The van der Waals surface area contributed by atoms with Gasteiger partial charge in [0.15, 0.2) is 18.1 Å². The molecule has 0 aliphatic heterocycles. The highest BCUT2D eigenvalue weighted by Gasteiger charge is 2.26. The molecule has 0 N–H and O–H groups in total. The molecule has 0 spiro atoms. The number of nitrogens with zero attached hydrogens (tertiary/aromatic N) is 1. The quantitative estimate of drug-likeness (QED) is 0.678. The lowest BCUT2D eigenvalue weighted by Gasteiger charge is -2.33. The van der Waals surface area contributed by atoms with Crippen molar-refractivity contribution >= 4 is 11.9 Å². The van der Waals surface area contributed by atoms with Crippen LogP contribution in [-0.2, 0) is 9.53 Å². The second-order valence-electron chi connectivity index (χ2n) is 6.88. The summed E-state index contributed by atoms with van der Waals surface area (Å²) >= 11 is 0. The smallest absolute Gasteiger partial charge is 0.342 e. The first-order valence-electron chi connectivity index (χ1n) is 9.14. The Kier molecular flexibility index (Phi) is 7.33. The Labute approximate surface area is 160 Å². The normalized spacial score (nSPS) is 19.1. The van der Waals surface area contributed by atoms with E-state index in [1.54, 1.807) is 18.0 Å². The summed E-state index contributed by atoms with van der Waals surface area (Å²) < 4.78 is 21.0. The molecule has 2 rings (SSSR count). The predicted molar refractivity (Wildman–Crippen MR) is 101 cm³/mol. The summed E-state index contributed by atoms with van der Waals surface area (Å²) in [5.41, 5.74) is 0.178. The molecule has 0 bridgehead atoms. The van der Waals surface area contributed by atoms with Crippen LogP contribution in [0.5, 0.6) is 17.2 Å². The van der Waals surface area contributed by atoms with E-state index in [1.165, 1.54) is 27.4 Å². The molecule has 7 heteroatoms. The molecule has 1 saturated carbocycles. The molecule has 0 heterocycles. The van der Waals surface area contributed by atoms with Gasteiger partial charge in [-0.3, -0.25) is 4.79 Å². The first-order chi connectivity index (χ1) is 12.9. The van der Waals surface area contributed by atoms with Crippen LogP contribution in [0.15, 0.2) is 12.1 Å². The van der Waals surface area contributed by atoms with Crippen LogP contribution < -0.4 is 14.2 Å². The summed E-state index contributed by atoms with van der Waals surface area (Å²) in [5.74, 6) is 0.806. The van der Waals surface area contributed by atoms with Gasteiger partial charge >= 0.3 is 5.97 Å². The zero-order valence-electron chi connectivity index (χ0n) is 16.7. The zero-order chi connectivity index (χ0) is 20.0. The Morgan fingerprint density at radius 1 is 1.00 bits per heavy atom. The van der Waals surface area contributed by atoms with Gasteiger partial charge in [-0.05, 0) is 43.7 Å². The molecule has 0 atom stereocenters. The molecule has 1 amide bonds. The number of rotatable bonds is 7. The van der Waals surface area contributed by atoms with Crippen molar-refractivity contribution in [1.29, 1.82) is 0 Å². The lowest BCUT2D eigenvalue weighted by atomic mass is 9.87. The molecule has 1 aliphatic carbocycles. The summed E-state index contributed by atoms with van der Waals surface area (Å²) in [7, 11) is 6.15. The van der Waals surface area contributed by atoms with E-state index in [1.807, 2.05) is 0 Å². The largest absolute Gasteiger partial charge is 0.493 e. The monoisotopic (exact) mass is 379 g/mol. The molecule has 0 radical (unpaired) electrons. The van der Waals surface area contributed by atoms with Gasteiger partial charge in [-0.15, -0.1) is 0 Å². The molecular weight excluding hydrogens is 350 g/mol. The lowest BCUT2D eigenvalue weighted by molar-refractivity contribution is -0.136. The minimum atomic E-state index is -0.646. The molecule has 7 nitrogen and oxygen atoms in total. The number of hydrogen-bond acceptors (Lipinski definition) is 6. The van der Waals surface area contributed by atoms with Crippen LogP contribution in [0.4, 0.5) is 0 Å². The summed E-state index contributed by atoms with van der Waals surface area (Å²) in [5, 5.41) is 0. The third-order valence-electron chi connectivity index (χ3n) is 5.18. The third kappa shape index (κ3) is 4.84. The summed E-state index contributed by atoms with van der Waals surface area (Å²) in [4.78, 5) is 26.6. The molecule has 27 heavy (non-hydrogen) atoms. The zero-order valence-corrected chi connectivity index (χ0v) is 16.7. The highest BCUT2D eigenvalue weighted by Crippen LogP contribution is 2.40. The molecule has 1 aromatic rings. The van der Waals surface area contributed by atoms with E-state index in [9.17, 15) is 9.59 Å². The van der Waals surface area contributed by atoms with E-state index >= 15 is 0 Å². The summed E-state index contributed by atoms with van der Waals surface area (Å²) in [6, 6.07) is 3.33. The van der Waals surface area contributed by atoms with E-state index in [0.29, 0.717) is 17.4 Å². The van der Waals surface area contributed by atoms with Gasteiger partial charge in [0, 0.05) is 13.1 Å². The first kappa shape index (κ1) is 20.9. The number of methoxy groups -OCH3 is 3. The molecule has 0 aromatic heterocycles. The molecule has 150 valence electrons. The minimum absolute atomic E-state index is 0.178. The number of ether oxygens (including phenoxy) is 4. The molecule has 0 unspecified atom stereocenters. The Bertz CT molecular complexity index is 667. The fraction of sp³-hybridized carbons (Fsp3) is 0.600. The number of carbonyl (C=O) groups excluding carboxylic acids is 2. The fourth-order valence-electron chi connectivity index (χ4n) is 3.40. The van der Waals surface area contributed by atoms with Crippen LogP contribution in [0.25, 0.3) is 0 Å². The van der Waals surface area contributed by atoms with Crippen molar-refractivity contribution in [2.24, 2.45) is 5.92 Å². The summed E-state index contributed by atoms with van der Waals surface area (Å²) in [6.07, 6.45) is 4.21. The molecular formula is C20H29NO6. The van der Waals surface area contributed by atoms with Crippen LogP contribution >= 0.6 is 0 Å². The molecule has 1 aromatic carbocycles. The van der Waals surface area contributed by atoms with Crippen LogP contribution in [0.2, 0.25) is 0 Å². The molecule has 1 aliphatic rings. The second kappa shape index (κ2) is 9.48. The van der Waals surface area contributed by atoms with E-state index in [-0.39, 0.29) is 29.9 Å².